The van der Waals surface area contributed by atoms with Gasteiger partial charge < -0.3 is 89.9 Å². The maximum absolute atomic E-state index is 13.4. The number of carbonyl (C=O) groups excluding carboxylic acids is 1. The summed E-state index contributed by atoms with van der Waals surface area (Å²) >= 11 is 0. The van der Waals surface area contributed by atoms with Crippen molar-refractivity contribution in [2.24, 2.45) is 0 Å². The summed E-state index contributed by atoms with van der Waals surface area (Å²) in [6.07, 6.45) is 21.8. The van der Waals surface area contributed by atoms with Crippen LogP contribution in [-0.2, 0) is 33.2 Å². The molecule has 19 nitrogen and oxygen atoms in total. The standard InChI is InChI=1S/C63H119NO18/c1-3-5-7-9-11-13-15-17-19-21-22-23-24-25-26-28-30-32-34-36-38-40-47(68)46(64-51(69)41-39-37-35-33-31-29-27-20-18-16-14-12-10-8-6-4-2)45-77-61-57(75)54(72)59(49(43-66)79-61)82-63-58(76)55(73)60(50(44-67)80-63)81-62-56(74)53(71)52(70)48(42-65)78-62/h38,40,46-50,52-63,65-68,70-76H,3-37,39,41-45H2,1-2H3,(H,64,69)/b40-38+. The molecule has 0 aromatic heterocycles. The molecule has 19 heteroatoms. The van der Waals surface area contributed by atoms with Crippen LogP contribution in [0.25, 0.3) is 0 Å². The van der Waals surface area contributed by atoms with Crippen molar-refractivity contribution in [2.45, 2.75) is 356 Å². The van der Waals surface area contributed by atoms with Crippen molar-refractivity contribution >= 4 is 5.91 Å². The van der Waals surface area contributed by atoms with Crippen LogP contribution in [0.4, 0.5) is 0 Å². The molecule has 1 amide bonds. The second-order valence-electron chi connectivity index (χ2n) is 23.9. The number of rotatable bonds is 50. The molecule has 3 aliphatic rings. The van der Waals surface area contributed by atoms with Crippen molar-refractivity contribution in [2.75, 3.05) is 26.4 Å². The highest BCUT2D eigenvalue weighted by atomic mass is 16.8. The van der Waals surface area contributed by atoms with Crippen LogP contribution in [0.15, 0.2) is 12.2 Å². The Morgan fingerprint density at radius 1 is 0.427 bits per heavy atom. The van der Waals surface area contributed by atoms with E-state index < -0.39 is 124 Å². The quantitative estimate of drug-likeness (QED) is 0.0210. The Morgan fingerprint density at radius 3 is 1.15 bits per heavy atom. The molecule has 3 aliphatic heterocycles. The zero-order valence-electron chi connectivity index (χ0n) is 50.7. The van der Waals surface area contributed by atoms with E-state index in [1.165, 1.54) is 180 Å². The molecule has 0 bridgehead atoms. The predicted molar refractivity (Wildman–Crippen MR) is 314 cm³/mol. The van der Waals surface area contributed by atoms with Crippen LogP contribution in [0.5, 0.6) is 0 Å². The van der Waals surface area contributed by atoms with Gasteiger partial charge in [0.15, 0.2) is 18.9 Å². The summed E-state index contributed by atoms with van der Waals surface area (Å²) in [5.74, 6) is -0.271. The molecule has 0 radical (unpaired) electrons. The average Bonchev–Trinajstić information content (AvgIpc) is 3.40. The number of unbranched alkanes of at least 4 members (excludes halogenated alkanes) is 34. The molecule has 0 aliphatic carbocycles. The van der Waals surface area contributed by atoms with Crippen LogP contribution < -0.4 is 5.32 Å². The van der Waals surface area contributed by atoms with E-state index in [2.05, 4.69) is 19.2 Å². The van der Waals surface area contributed by atoms with Gasteiger partial charge in [0.2, 0.25) is 5.91 Å². The molecule has 3 heterocycles. The van der Waals surface area contributed by atoms with Crippen molar-refractivity contribution in [3.63, 3.8) is 0 Å². The number of aliphatic hydroxyl groups is 11. The van der Waals surface area contributed by atoms with Crippen LogP contribution in [-0.4, -0.2) is 193 Å². The number of amides is 1. The molecule has 0 aromatic rings. The summed E-state index contributed by atoms with van der Waals surface area (Å²) < 4.78 is 34.3. The maximum atomic E-state index is 13.4. The predicted octanol–water partition coefficient (Wildman–Crippen LogP) is 7.33. The van der Waals surface area contributed by atoms with E-state index in [0.717, 1.165) is 44.9 Å². The molecule has 484 valence electrons. The summed E-state index contributed by atoms with van der Waals surface area (Å²) in [4.78, 5) is 13.4. The SMILES string of the molecule is CCCCCCCCCCCCCCCCCCCCC/C=C/C(O)C(COC1OC(CO)C(OC2OC(CO)C(OC3OC(CO)C(O)C(O)C3O)C(O)C2O)C(O)C1O)NC(=O)CCCCCCCCCCCCCCCCCC. The minimum Gasteiger partial charge on any atom is -0.394 e. The largest absolute Gasteiger partial charge is 0.394 e. The molecule has 12 N–H and O–H groups in total. The average molecular weight is 1180 g/mol. The van der Waals surface area contributed by atoms with Gasteiger partial charge in [-0.2, -0.15) is 0 Å². The molecule has 0 saturated carbocycles. The minimum atomic E-state index is -1.97. The molecule has 17 unspecified atom stereocenters. The van der Waals surface area contributed by atoms with Gasteiger partial charge in [-0.15, -0.1) is 0 Å². The van der Waals surface area contributed by atoms with Gasteiger partial charge in [-0.3, -0.25) is 4.79 Å². The van der Waals surface area contributed by atoms with Crippen LogP contribution in [0.1, 0.15) is 251 Å². The zero-order valence-corrected chi connectivity index (χ0v) is 50.7. The third-order valence-electron chi connectivity index (χ3n) is 16.8. The monoisotopic (exact) mass is 1180 g/mol. The van der Waals surface area contributed by atoms with E-state index in [1.807, 2.05) is 6.08 Å². The Morgan fingerprint density at radius 2 is 0.756 bits per heavy atom. The molecule has 3 rings (SSSR count). The highest BCUT2D eigenvalue weighted by molar-refractivity contribution is 5.76. The van der Waals surface area contributed by atoms with E-state index in [9.17, 15) is 61.0 Å². The second kappa shape index (κ2) is 46.7. The van der Waals surface area contributed by atoms with Crippen LogP contribution >= 0.6 is 0 Å². The lowest BCUT2D eigenvalue weighted by Gasteiger charge is -2.48. The van der Waals surface area contributed by atoms with E-state index in [1.54, 1.807) is 6.08 Å². The van der Waals surface area contributed by atoms with Crippen molar-refractivity contribution in [3.8, 4) is 0 Å². The fourth-order valence-corrected chi connectivity index (χ4v) is 11.4. The van der Waals surface area contributed by atoms with Gasteiger partial charge in [0.25, 0.3) is 0 Å². The van der Waals surface area contributed by atoms with Crippen molar-refractivity contribution < 1.29 is 89.4 Å². The normalized spacial score (nSPS) is 29.6. The lowest BCUT2D eigenvalue weighted by molar-refractivity contribution is -0.379. The van der Waals surface area contributed by atoms with Crippen LogP contribution in [0, 0.1) is 0 Å². The fraction of sp³-hybridized carbons (Fsp3) is 0.952. The first-order valence-corrected chi connectivity index (χ1v) is 32.9. The Kier molecular flexibility index (Phi) is 42.5. The first kappa shape index (κ1) is 74.8. The number of nitrogens with one attached hydrogen (secondary N) is 1. The number of aliphatic hydroxyl groups excluding tert-OH is 11. The Hall–Kier alpha value is -1.47. The van der Waals surface area contributed by atoms with Crippen molar-refractivity contribution in [1.82, 2.24) is 5.32 Å². The van der Waals surface area contributed by atoms with Gasteiger partial charge in [0, 0.05) is 6.42 Å². The van der Waals surface area contributed by atoms with Gasteiger partial charge >= 0.3 is 0 Å². The number of hydrogen-bond donors (Lipinski definition) is 12. The highest BCUT2D eigenvalue weighted by Gasteiger charge is 2.53. The molecule has 3 saturated heterocycles. The molecule has 3 fully saturated rings. The third kappa shape index (κ3) is 29.5. The van der Waals surface area contributed by atoms with E-state index in [0.29, 0.717) is 6.42 Å². The molecule has 17 atom stereocenters. The van der Waals surface area contributed by atoms with Gasteiger partial charge in [0.05, 0.1) is 38.6 Å². The molecule has 0 spiro atoms. The Bertz CT molecular complexity index is 1550. The topological polar surface area (TPSA) is 307 Å². The minimum absolute atomic E-state index is 0.249. The summed E-state index contributed by atoms with van der Waals surface area (Å²) in [6, 6.07) is -0.967. The second-order valence-corrected chi connectivity index (χ2v) is 23.9. The van der Waals surface area contributed by atoms with Gasteiger partial charge in [-0.05, 0) is 19.3 Å². The number of hydrogen-bond acceptors (Lipinski definition) is 18. The van der Waals surface area contributed by atoms with E-state index >= 15 is 0 Å². The van der Waals surface area contributed by atoms with Gasteiger partial charge in [0.1, 0.15) is 73.2 Å². The molecular weight excluding hydrogens is 1060 g/mol. The molecule has 0 aromatic carbocycles. The smallest absolute Gasteiger partial charge is 0.220 e. The van der Waals surface area contributed by atoms with Crippen LogP contribution in [0.3, 0.4) is 0 Å². The lowest BCUT2D eigenvalue weighted by Crippen LogP contribution is -2.66. The number of allylic oxidation sites excluding steroid dienone is 1. The number of carbonyl (C=O) groups is 1. The molecule has 82 heavy (non-hydrogen) atoms. The van der Waals surface area contributed by atoms with E-state index in [-0.39, 0.29) is 18.9 Å². The summed E-state index contributed by atoms with van der Waals surface area (Å²) in [6.45, 7) is 1.76. The zero-order chi connectivity index (χ0) is 59.7. The third-order valence-corrected chi connectivity index (χ3v) is 16.8. The fourth-order valence-electron chi connectivity index (χ4n) is 11.4. The first-order chi connectivity index (χ1) is 39.8. The van der Waals surface area contributed by atoms with Crippen LogP contribution in [0.2, 0.25) is 0 Å². The Labute approximate surface area is 493 Å². The molecular formula is C63H119NO18. The summed E-state index contributed by atoms with van der Waals surface area (Å²) in [5, 5.41) is 120. The van der Waals surface area contributed by atoms with Gasteiger partial charge in [-0.1, -0.05) is 238 Å². The lowest BCUT2D eigenvalue weighted by atomic mass is 9.96. The van der Waals surface area contributed by atoms with Crippen molar-refractivity contribution in [1.29, 1.82) is 0 Å². The highest BCUT2D eigenvalue weighted by Crippen LogP contribution is 2.33. The van der Waals surface area contributed by atoms with Gasteiger partial charge in [-0.25, -0.2) is 0 Å². The van der Waals surface area contributed by atoms with Crippen molar-refractivity contribution in [3.05, 3.63) is 12.2 Å². The summed E-state index contributed by atoms with van der Waals surface area (Å²) in [7, 11) is 0. The summed E-state index contributed by atoms with van der Waals surface area (Å²) in [5.41, 5.74) is 0. The number of ether oxygens (including phenoxy) is 6. The van der Waals surface area contributed by atoms with E-state index in [4.69, 9.17) is 28.4 Å². The first-order valence-electron chi connectivity index (χ1n) is 32.9. The Balaban J connectivity index is 1.47. The maximum Gasteiger partial charge on any atom is 0.220 e.